The normalized spacial score (nSPS) is 14.3. The number of aromatic nitrogens is 5. The third kappa shape index (κ3) is 3.55. The summed E-state index contributed by atoms with van der Waals surface area (Å²) in [5.41, 5.74) is 1.61. The minimum absolute atomic E-state index is 0.326. The topological polar surface area (TPSA) is 97.5 Å². The first kappa shape index (κ1) is 17.7. The van der Waals surface area contributed by atoms with Crippen molar-refractivity contribution in [1.82, 2.24) is 24.6 Å². The molecule has 1 aliphatic rings. The molecule has 1 N–H and O–H groups in total. The van der Waals surface area contributed by atoms with Crippen LogP contribution in [0.25, 0.3) is 16.3 Å². The Bertz CT molecular complexity index is 1150. The van der Waals surface area contributed by atoms with Gasteiger partial charge in [0.2, 0.25) is 0 Å². The van der Waals surface area contributed by atoms with Crippen molar-refractivity contribution in [3.8, 4) is 10.7 Å². The number of hydrogen-bond acceptors (Lipinski definition) is 8. The van der Waals surface area contributed by atoms with Gasteiger partial charge in [0.15, 0.2) is 11.3 Å². The number of pyridine rings is 1. The number of nitrogens with zero attached hydrogens (tertiary/aromatic N) is 6. The monoisotopic (exact) mass is 407 g/mol. The molecule has 5 rings (SSSR count). The minimum atomic E-state index is -0.326. The molecule has 0 unspecified atom stereocenters. The number of anilines is 2. The zero-order valence-electron chi connectivity index (χ0n) is 15.4. The van der Waals surface area contributed by atoms with Crippen LogP contribution in [0.1, 0.15) is 10.5 Å². The fraction of sp³-hybridized carbons (Fsp3) is 0.211. The molecule has 0 radical (unpaired) electrons. The molecule has 4 aromatic heterocycles. The van der Waals surface area contributed by atoms with Gasteiger partial charge in [-0.05, 0) is 24.3 Å². The van der Waals surface area contributed by atoms with E-state index in [1.54, 1.807) is 12.3 Å². The number of morpholine rings is 1. The van der Waals surface area contributed by atoms with Gasteiger partial charge >= 0.3 is 0 Å². The van der Waals surface area contributed by atoms with Crippen molar-refractivity contribution in [2.24, 2.45) is 0 Å². The van der Waals surface area contributed by atoms with E-state index >= 15 is 0 Å². The second-order valence-corrected chi connectivity index (χ2v) is 7.30. The lowest BCUT2D eigenvalue weighted by Gasteiger charge is -2.27. The highest BCUT2D eigenvalue weighted by Crippen LogP contribution is 2.21. The molecule has 9 nitrogen and oxygen atoms in total. The molecular weight excluding hydrogens is 390 g/mol. The number of hydrogen-bond donors (Lipinski definition) is 1. The highest BCUT2D eigenvalue weighted by atomic mass is 32.1. The molecule has 146 valence electrons. The van der Waals surface area contributed by atoms with Crippen LogP contribution in [0.3, 0.4) is 0 Å². The van der Waals surface area contributed by atoms with E-state index in [4.69, 9.17) is 4.74 Å². The van der Waals surface area contributed by atoms with Crippen molar-refractivity contribution >= 4 is 34.5 Å². The fourth-order valence-corrected chi connectivity index (χ4v) is 3.74. The van der Waals surface area contributed by atoms with E-state index in [1.165, 1.54) is 22.0 Å². The molecule has 0 aliphatic carbocycles. The summed E-state index contributed by atoms with van der Waals surface area (Å²) in [6.45, 7) is 2.91. The van der Waals surface area contributed by atoms with Crippen LogP contribution in [0, 0.1) is 0 Å². The smallest absolute Gasteiger partial charge is 0.277 e. The average molecular weight is 407 g/mol. The largest absolute Gasteiger partial charge is 0.378 e. The van der Waals surface area contributed by atoms with E-state index in [9.17, 15) is 4.79 Å². The van der Waals surface area contributed by atoms with Crippen LogP contribution in [0.4, 0.5) is 11.6 Å². The van der Waals surface area contributed by atoms with Gasteiger partial charge in [0.05, 0.1) is 19.4 Å². The Kier molecular flexibility index (Phi) is 4.62. The molecule has 0 spiro atoms. The first-order valence-corrected chi connectivity index (χ1v) is 10.0. The van der Waals surface area contributed by atoms with Crippen LogP contribution in [-0.4, -0.2) is 56.8 Å². The lowest BCUT2D eigenvalue weighted by molar-refractivity contribution is 0.102. The summed E-state index contributed by atoms with van der Waals surface area (Å²) in [6.07, 6.45) is 3.23. The number of imidazole rings is 1. The van der Waals surface area contributed by atoms with Crippen molar-refractivity contribution in [3.63, 3.8) is 0 Å². The van der Waals surface area contributed by atoms with Crippen LogP contribution in [-0.2, 0) is 4.74 Å². The molecule has 29 heavy (non-hydrogen) atoms. The lowest BCUT2D eigenvalue weighted by atomic mass is 10.3. The Hall–Kier alpha value is -3.37. The van der Waals surface area contributed by atoms with Crippen LogP contribution >= 0.6 is 11.3 Å². The molecule has 1 aliphatic heterocycles. The molecule has 0 saturated carbocycles. The summed E-state index contributed by atoms with van der Waals surface area (Å²) >= 11 is 1.49. The van der Waals surface area contributed by atoms with E-state index < -0.39 is 0 Å². The predicted molar refractivity (Wildman–Crippen MR) is 109 cm³/mol. The maximum absolute atomic E-state index is 12.9. The van der Waals surface area contributed by atoms with Crippen LogP contribution in [0.2, 0.25) is 0 Å². The zero-order chi connectivity index (χ0) is 19.6. The number of ether oxygens (including phenoxy) is 1. The summed E-state index contributed by atoms with van der Waals surface area (Å²) in [4.78, 5) is 28.1. The number of rotatable bonds is 4. The second-order valence-electron chi connectivity index (χ2n) is 6.40. The molecule has 4 aromatic rings. The van der Waals surface area contributed by atoms with Crippen molar-refractivity contribution in [3.05, 3.63) is 53.8 Å². The molecule has 0 bridgehead atoms. The SMILES string of the molecule is O=C(Nc1cccc(N2CCOCC2)n1)c1cnc2ccc(-c3nccs3)nn12. The van der Waals surface area contributed by atoms with Crippen molar-refractivity contribution < 1.29 is 9.53 Å². The van der Waals surface area contributed by atoms with E-state index in [0.29, 0.717) is 36.1 Å². The summed E-state index contributed by atoms with van der Waals surface area (Å²) in [6, 6.07) is 9.23. The van der Waals surface area contributed by atoms with Gasteiger partial charge < -0.3 is 15.0 Å². The highest BCUT2D eigenvalue weighted by Gasteiger charge is 2.17. The molecule has 10 heteroatoms. The van der Waals surface area contributed by atoms with Crippen molar-refractivity contribution in [2.75, 3.05) is 36.5 Å². The van der Waals surface area contributed by atoms with Crippen LogP contribution < -0.4 is 10.2 Å². The van der Waals surface area contributed by atoms with Crippen LogP contribution in [0.15, 0.2) is 48.1 Å². The van der Waals surface area contributed by atoms with Gasteiger partial charge in [-0.1, -0.05) is 6.07 Å². The Morgan fingerprint density at radius 1 is 1.14 bits per heavy atom. The van der Waals surface area contributed by atoms with Gasteiger partial charge in [-0.3, -0.25) is 4.79 Å². The summed E-state index contributed by atoms with van der Waals surface area (Å²) in [7, 11) is 0. The number of nitrogens with one attached hydrogen (secondary N) is 1. The van der Waals surface area contributed by atoms with E-state index in [2.05, 4.69) is 30.3 Å². The van der Waals surface area contributed by atoms with Gasteiger partial charge in [0.1, 0.15) is 22.3 Å². The first-order valence-electron chi connectivity index (χ1n) is 9.14. The van der Waals surface area contributed by atoms with Crippen molar-refractivity contribution in [1.29, 1.82) is 0 Å². The fourth-order valence-electron chi connectivity index (χ4n) is 3.13. The summed E-state index contributed by atoms with van der Waals surface area (Å²) < 4.78 is 6.91. The molecule has 1 amide bonds. The lowest BCUT2D eigenvalue weighted by Crippen LogP contribution is -2.36. The first-order chi connectivity index (χ1) is 14.3. The Morgan fingerprint density at radius 3 is 2.86 bits per heavy atom. The standard InChI is InChI=1S/C19H17N7O2S/c27-18(23-15-2-1-3-17(22-15)25-7-9-28-10-8-25)14-12-21-16-5-4-13(24-26(14)16)19-20-6-11-29-19/h1-6,11-12H,7-10H2,(H,22,23,27). The number of carbonyl (C=O) groups excluding carboxylic acids is 1. The van der Waals surface area contributed by atoms with E-state index in [-0.39, 0.29) is 5.91 Å². The van der Waals surface area contributed by atoms with E-state index in [1.807, 2.05) is 29.6 Å². The van der Waals surface area contributed by atoms with Gasteiger partial charge in [0, 0.05) is 24.7 Å². The molecular formula is C19H17N7O2S. The minimum Gasteiger partial charge on any atom is -0.378 e. The Balaban J connectivity index is 1.41. The number of carbonyl (C=O) groups is 1. The number of thiazole rings is 1. The molecule has 1 saturated heterocycles. The third-order valence-corrected chi connectivity index (χ3v) is 5.35. The Labute approximate surface area is 170 Å². The maximum Gasteiger partial charge on any atom is 0.277 e. The second kappa shape index (κ2) is 7.57. The van der Waals surface area contributed by atoms with Gasteiger partial charge in [0.25, 0.3) is 5.91 Å². The summed E-state index contributed by atoms with van der Waals surface area (Å²) in [5, 5.41) is 10.0. The molecule has 1 fully saturated rings. The predicted octanol–water partition coefficient (Wildman–Crippen LogP) is 2.34. The number of amides is 1. The molecule has 5 heterocycles. The van der Waals surface area contributed by atoms with Gasteiger partial charge in [-0.15, -0.1) is 11.3 Å². The zero-order valence-corrected chi connectivity index (χ0v) is 16.2. The highest BCUT2D eigenvalue weighted by molar-refractivity contribution is 7.13. The third-order valence-electron chi connectivity index (χ3n) is 4.56. The summed E-state index contributed by atoms with van der Waals surface area (Å²) in [5.74, 6) is 0.964. The maximum atomic E-state index is 12.9. The molecule has 0 aromatic carbocycles. The Morgan fingerprint density at radius 2 is 2.03 bits per heavy atom. The van der Waals surface area contributed by atoms with Crippen molar-refractivity contribution in [2.45, 2.75) is 0 Å². The van der Waals surface area contributed by atoms with E-state index in [0.717, 1.165) is 23.9 Å². The van der Waals surface area contributed by atoms with Crippen LogP contribution in [0.5, 0.6) is 0 Å². The molecule has 0 atom stereocenters. The quantitative estimate of drug-likeness (QED) is 0.554. The van der Waals surface area contributed by atoms with Gasteiger partial charge in [-0.2, -0.15) is 5.10 Å². The number of fused-ring (bicyclic) bond motifs is 1. The van der Waals surface area contributed by atoms with Gasteiger partial charge in [-0.25, -0.2) is 19.5 Å². The average Bonchev–Trinajstić information content (AvgIpc) is 3.44.